The molecule has 10 nitrogen and oxygen atoms in total. The van der Waals surface area contributed by atoms with Gasteiger partial charge < -0.3 is 25.2 Å². The molecule has 1 aliphatic rings. The van der Waals surface area contributed by atoms with Crippen molar-refractivity contribution < 1.29 is 9.90 Å². The third-order valence-electron chi connectivity index (χ3n) is 7.16. The van der Waals surface area contributed by atoms with Crippen molar-refractivity contribution in [1.29, 1.82) is 0 Å². The number of anilines is 1. The maximum absolute atomic E-state index is 12.4. The molecule has 10 heteroatoms. The molecule has 0 radical (unpaired) electrons. The summed E-state index contributed by atoms with van der Waals surface area (Å²) in [6.45, 7) is 12.1. The van der Waals surface area contributed by atoms with E-state index in [1.54, 1.807) is 6.33 Å². The highest BCUT2D eigenvalue weighted by Gasteiger charge is 2.24. The van der Waals surface area contributed by atoms with Gasteiger partial charge in [-0.25, -0.2) is 14.5 Å². The first-order valence-electron chi connectivity index (χ1n) is 12.6. The molecule has 0 spiro atoms. The van der Waals surface area contributed by atoms with Crippen LogP contribution in [0.15, 0.2) is 24.7 Å². The van der Waals surface area contributed by atoms with Crippen LogP contribution in [-0.2, 0) is 4.79 Å². The largest absolute Gasteiger partial charge is 0.395 e. The van der Waals surface area contributed by atoms with Gasteiger partial charge in [-0.15, -0.1) is 0 Å². The lowest BCUT2D eigenvalue weighted by Crippen LogP contribution is -2.51. The molecule has 0 atom stereocenters. The third kappa shape index (κ3) is 4.31. The number of aliphatic hydroxyl groups excluding tert-OH is 1. The number of aliphatic hydroxyl groups is 1. The summed E-state index contributed by atoms with van der Waals surface area (Å²) in [7, 11) is 0. The summed E-state index contributed by atoms with van der Waals surface area (Å²) in [6.07, 6.45) is 3.64. The minimum Gasteiger partial charge on any atom is -0.395 e. The first-order valence-corrected chi connectivity index (χ1v) is 12.6. The fourth-order valence-electron chi connectivity index (χ4n) is 5.05. The number of pyridine rings is 2. The van der Waals surface area contributed by atoms with Crippen LogP contribution in [0.3, 0.4) is 0 Å². The van der Waals surface area contributed by atoms with Crippen molar-refractivity contribution in [1.82, 2.24) is 34.8 Å². The second kappa shape index (κ2) is 9.87. The Morgan fingerprint density at radius 2 is 1.94 bits per heavy atom. The molecule has 4 aromatic rings. The zero-order valence-corrected chi connectivity index (χ0v) is 21.4. The number of nitrogens with one attached hydrogen (secondary N) is 2. The van der Waals surface area contributed by atoms with Gasteiger partial charge in [0.15, 0.2) is 5.65 Å². The van der Waals surface area contributed by atoms with Crippen molar-refractivity contribution in [3.8, 4) is 11.3 Å². The van der Waals surface area contributed by atoms with Gasteiger partial charge in [0, 0.05) is 50.0 Å². The molecule has 1 amide bonds. The van der Waals surface area contributed by atoms with Gasteiger partial charge in [-0.1, -0.05) is 13.8 Å². The number of hydrogen-bond acceptors (Lipinski definition) is 7. The van der Waals surface area contributed by atoms with Gasteiger partial charge in [-0.2, -0.15) is 5.10 Å². The van der Waals surface area contributed by atoms with Crippen LogP contribution >= 0.6 is 0 Å². The van der Waals surface area contributed by atoms with Crippen LogP contribution in [0.2, 0.25) is 0 Å². The van der Waals surface area contributed by atoms with Gasteiger partial charge in [0.25, 0.3) is 0 Å². The molecule has 1 aliphatic heterocycles. The normalized spacial score (nSPS) is 14.5. The predicted molar refractivity (Wildman–Crippen MR) is 140 cm³/mol. The van der Waals surface area contributed by atoms with Crippen LogP contribution < -0.4 is 10.2 Å². The van der Waals surface area contributed by atoms with E-state index in [1.807, 2.05) is 15.6 Å². The molecular formula is C26H34N8O2. The first kappa shape index (κ1) is 24.2. The fraction of sp³-hybridized carbons (Fsp3) is 0.462. The van der Waals surface area contributed by atoms with Gasteiger partial charge in [-0.3, -0.25) is 4.79 Å². The summed E-state index contributed by atoms with van der Waals surface area (Å²) >= 11 is 0. The number of nitrogens with zero attached hydrogens (tertiary/aromatic N) is 6. The van der Waals surface area contributed by atoms with Gasteiger partial charge in [0.2, 0.25) is 5.91 Å². The minimum atomic E-state index is 0.0304. The molecule has 3 N–H and O–H groups in total. The van der Waals surface area contributed by atoms with Crippen molar-refractivity contribution in [3.05, 3.63) is 41.3 Å². The van der Waals surface area contributed by atoms with E-state index >= 15 is 0 Å². The summed E-state index contributed by atoms with van der Waals surface area (Å²) in [4.78, 5) is 29.7. The number of aryl methyl sites for hydroxylation is 1. The van der Waals surface area contributed by atoms with Gasteiger partial charge >= 0.3 is 0 Å². The third-order valence-corrected chi connectivity index (χ3v) is 7.16. The highest BCUT2D eigenvalue weighted by molar-refractivity contribution is 5.90. The average molecular weight is 491 g/mol. The number of amides is 1. The number of aromatic nitrogens is 5. The molecule has 1 saturated heterocycles. The molecule has 0 aliphatic carbocycles. The van der Waals surface area contributed by atoms with Crippen molar-refractivity contribution >= 4 is 28.4 Å². The summed E-state index contributed by atoms with van der Waals surface area (Å²) in [5.74, 6) is 1.27. The number of H-pyrrole nitrogens is 1. The molecule has 190 valence electrons. The molecule has 36 heavy (non-hydrogen) atoms. The Bertz CT molecular complexity index is 1400. The van der Waals surface area contributed by atoms with Gasteiger partial charge in [0.1, 0.15) is 12.1 Å². The van der Waals surface area contributed by atoms with Crippen LogP contribution in [-0.4, -0.2) is 86.4 Å². The lowest BCUT2D eigenvalue weighted by atomic mass is 9.95. The number of fused-ring (bicyclic) bond motifs is 2. The van der Waals surface area contributed by atoms with Gasteiger partial charge in [0.05, 0.1) is 29.9 Å². The standard InChI is InChI=1S/C26H34N8O2/c1-16(2)23-24(19-14-34-26(28-15-29-34)18(4)17(19)3)30-20-5-6-21(31-25(20)23)32-8-10-33(11-9-32)22(36)13-27-7-12-35/h5-6,14-16,27,30,35H,7-13H2,1-4H3. The van der Waals surface area contributed by atoms with Crippen LogP contribution in [0.1, 0.15) is 36.5 Å². The molecule has 5 heterocycles. The molecule has 0 saturated carbocycles. The number of aromatic amines is 1. The quantitative estimate of drug-likeness (QED) is 0.340. The number of hydrogen-bond donors (Lipinski definition) is 3. The topological polar surface area (TPSA) is 115 Å². The van der Waals surface area contributed by atoms with E-state index in [4.69, 9.17) is 10.1 Å². The molecule has 0 aromatic carbocycles. The van der Waals surface area contributed by atoms with Crippen molar-refractivity contribution in [2.75, 3.05) is 50.8 Å². The van der Waals surface area contributed by atoms with Crippen molar-refractivity contribution in [2.24, 2.45) is 0 Å². The average Bonchev–Trinajstić information content (AvgIpc) is 3.50. The zero-order valence-electron chi connectivity index (χ0n) is 21.4. The minimum absolute atomic E-state index is 0.0304. The van der Waals surface area contributed by atoms with Crippen LogP contribution in [0.25, 0.3) is 27.9 Å². The summed E-state index contributed by atoms with van der Waals surface area (Å²) in [6, 6.07) is 4.17. The van der Waals surface area contributed by atoms with E-state index in [0.29, 0.717) is 19.6 Å². The van der Waals surface area contributed by atoms with Crippen LogP contribution in [0.4, 0.5) is 5.82 Å². The van der Waals surface area contributed by atoms with E-state index in [1.165, 1.54) is 11.1 Å². The monoisotopic (exact) mass is 490 g/mol. The molecule has 4 aromatic heterocycles. The Hall–Kier alpha value is -3.50. The van der Waals surface area contributed by atoms with Crippen molar-refractivity contribution in [3.63, 3.8) is 0 Å². The van der Waals surface area contributed by atoms with E-state index in [0.717, 1.165) is 52.4 Å². The van der Waals surface area contributed by atoms with E-state index in [-0.39, 0.29) is 25.0 Å². The number of carbonyl (C=O) groups is 1. The molecule has 0 bridgehead atoms. The Kier molecular flexibility index (Phi) is 6.63. The second-order valence-electron chi connectivity index (χ2n) is 9.72. The second-order valence-corrected chi connectivity index (χ2v) is 9.72. The van der Waals surface area contributed by atoms with E-state index in [9.17, 15) is 4.79 Å². The SMILES string of the molecule is Cc1c(-c2[nH]c3ccc(N4CCN(C(=O)CNCCO)CC4)nc3c2C(C)C)cn2ncnc2c1C. The highest BCUT2D eigenvalue weighted by atomic mass is 16.3. The molecule has 5 rings (SSSR count). The van der Waals surface area contributed by atoms with E-state index < -0.39 is 0 Å². The Balaban J connectivity index is 1.44. The molecular weight excluding hydrogens is 456 g/mol. The number of piperazine rings is 1. The number of carbonyl (C=O) groups excluding carboxylic acids is 1. The first-order chi connectivity index (χ1) is 17.4. The lowest BCUT2D eigenvalue weighted by molar-refractivity contribution is -0.130. The summed E-state index contributed by atoms with van der Waals surface area (Å²) in [5, 5.41) is 16.2. The maximum atomic E-state index is 12.4. The molecule has 1 fully saturated rings. The lowest BCUT2D eigenvalue weighted by Gasteiger charge is -2.35. The summed E-state index contributed by atoms with van der Waals surface area (Å²) < 4.78 is 1.84. The Morgan fingerprint density at radius 3 is 2.67 bits per heavy atom. The molecule has 0 unspecified atom stereocenters. The maximum Gasteiger partial charge on any atom is 0.236 e. The Morgan fingerprint density at radius 1 is 1.17 bits per heavy atom. The summed E-state index contributed by atoms with van der Waals surface area (Å²) in [5.41, 5.74) is 8.55. The van der Waals surface area contributed by atoms with Gasteiger partial charge in [-0.05, 0) is 43.0 Å². The Labute approximate surface area is 210 Å². The van der Waals surface area contributed by atoms with Crippen molar-refractivity contribution in [2.45, 2.75) is 33.6 Å². The van der Waals surface area contributed by atoms with E-state index in [2.05, 4.69) is 65.1 Å². The fourth-order valence-corrected chi connectivity index (χ4v) is 5.05. The predicted octanol–water partition coefficient (Wildman–Crippen LogP) is 2.24. The smallest absolute Gasteiger partial charge is 0.236 e. The number of rotatable bonds is 7. The highest BCUT2D eigenvalue weighted by Crippen LogP contribution is 2.37. The zero-order chi connectivity index (χ0) is 25.4. The van der Waals surface area contributed by atoms with Crippen LogP contribution in [0, 0.1) is 13.8 Å². The van der Waals surface area contributed by atoms with Crippen LogP contribution in [0.5, 0.6) is 0 Å².